The van der Waals surface area contributed by atoms with E-state index in [1.807, 2.05) is 16.8 Å². The Kier molecular flexibility index (Phi) is 6.32. The van der Waals surface area contributed by atoms with Crippen LogP contribution in [0.15, 0.2) is 16.8 Å². The smallest absolute Gasteiger partial charge is 0.319 e. The number of hydrogen-bond acceptors (Lipinski definition) is 5. The number of hydrogen-bond donors (Lipinski definition) is 4. The summed E-state index contributed by atoms with van der Waals surface area (Å²) in [6.45, 7) is 1.31. The van der Waals surface area contributed by atoms with E-state index in [0.29, 0.717) is 32.4 Å². The molecule has 3 atom stereocenters. The van der Waals surface area contributed by atoms with E-state index in [0.717, 1.165) is 5.69 Å². The van der Waals surface area contributed by atoms with Crippen LogP contribution in [0.4, 0.5) is 10.5 Å². The van der Waals surface area contributed by atoms with Crippen LogP contribution < -0.4 is 21.3 Å². The summed E-state index contributed by atoms with van der Waals surface area (Å²) in [5, 5.41) is 15.0. The summed E-state index contributed by atoms with van der Waals surface area (Å²) in [5.74, 6) is 2.26. The summed E-state index contributed by atoms with van der Waals surface area (Å²) < 4.78 is 0. The Morgan fingerprint density at radius 2 is 2.30 bits per heavy atom. The minimum Gasteiger partial charge on any atom is -0.353 e. The van der Waals surface area contributed by atoms with E-state index >= 15 is 0 Å². The van der Waals surface area contributed by atoms with Crippen LogP contribution in [0.5, 0.6) is 0 Å². The highest BCUT2D eigenvalue weighted by molar-refractivity contribution is 7.08. The number of carbonyl (C=O) groups excluding carboxylic acids is 3. The number of carbonyl (C=O) groups is 3. The Hall–Kier alpha value is -2.57. The average Bonchev–Trinajstić information content (AvgIpc) is 3.29. The SMILES string of the molecule is C#CCNC(=O)CCC1CNC(=O)C2CC(NC(=O)Nc3ccsc3)CN12. The molecule has 0 aliphatic carbocycles. The maximum atomic E-state index is 12.2. The summed E-state index contributed by atoms with van der Waals surface area (Å²) in [5.41, 5.74) is 0.752. The monoisotopic (exact) mass is 389 g/mol. The van der Waals surface area contributed by atoms with Crippen molar-refractivity contribution in [1.82, 2.24) is 20.9 Å². The fraction of sp³-hybridized carbons (Fsp3) is 0.500. The second-order valence-electron chi connectivity index (χ2n) is 6.67. The number of thiophene rings is 1. The van der Waals surface area contributed by atoms with Crippen LogP contribution in [0.3, 0.4) is 0 Å². The second-order valence-corrected chi connectivity index (χ2v) is 7.45. The molecule has 2 aliphatic rings. The van der Waals surface area contributed by atoms with Gasteiger partial charge in [-0.25, -0.2) is 4.79 Å². The summed E-state index contributed by atoms with van der Waals surface area (Å²) in [4.78, 5) is 38.2. The molecule has 3 heterocycles. The number of terminal acetylenes is 1. The number of piperazine rings is 1. The van der Waals surface area contributed by atoms with Crippen LogP contribution in [-0.4, -0.2) is 60.5 Å². The van der Waals surface area contributed by atoms with Crippen LogP contribution in [0, 0.1) is 12.3 Å². The molecule has 0 spiro atoms. The van der Waals surface area contributed by atoms with Gasteiger partial charge in [-0.15, -0.1) is 6.42 Å². The zero-order valence-electron chi connectivity index (χ0n) is 14.9. The third-order valence-electron chi connectivity index (χ3n) is 4.83. The molecule has 9 heteroatoms. The average molecular weight is 389 g/mol. The first-order chi connectivity index (χ1) is 13.1. The molecule has 3 unspecified atom stereocenters. The molecule has 0 aromatic carbocycles. The molecule has 4 N–H and O–H groups in total. The molecular weight excluding hydrogens is 366 g/mol. The van der Waals surface area contributed by atoms with E-state index in [2.05, 4.69) is 32.1 Å². The minimum absolute atomic E-state index is 0.0226. The largest absolute Gasteiger partial charge is 0.353 e. The number of fused-ring (bicyclic) bond motifs is 1. The lowest BCUT2D eigenvalue weighted by Crippen LogP contribution is -2.58. The van der Waals surface area contributed by atoms with Crippen molar-refractivity contribution in [2.24, 2.45) is 0 Å². The van der Waals surface area contributed by atoms with Crippen molar-refractivity contribution in [3.63, 3.8) is 0 Å². The quantitative estimate of drug-likeness (QED) is 0.527. The third-order valence-corrected chi connectivity index (χ3v) is 5.51. The molecule has 1 aromatic heterocycles. The van der Waals surface area contributed by atoms with Crippen molar-refractivity contribution in [3.8, 4) is 12.3 Å². The van der Waals surface area contributed by atoms with Crippen molar-refractivity contribution in [3.05, 3.63) is 16.8 Å². The first-order valence-corrected chi connectivity index (χ1v) is 9.84. The molecule has 1 aromatic rings. The van der Waals surface area contributed by atoms with E-state index in [-0.39, 0.29) is 42.5 Å². The Morgan fingerprint density at radius 3 is 3.04 bits per heavy atom. The molecule has 0 radical (unpaired) electrons. The molecule has 2 fully saturated rings. The van der Waals surface area contributed by atoms with E-state index in [1.54, 1.807) is 0 Å². The van der Waals surface area contributed by atoms with Crippen molar-refractivity contribution in [1.29, 1.82) is 0 Å². The van der Waals surface area contributed by atoms with Crippen LogP contribution in [0.25, 0.3) is 0 Å². The van der Waals surface area contributed by atoms with Crippen LogP contribution >= 0.6 is 11.3 Å². The molecule has 0 saturated carbocycles. The fourth-order valence-electron chi connectivity index (χ4n) is 3.57. The van der Waals surface area contributed by atoms with Gasteiger partial charge in [-0.2, -0.15) is 11.3 Å². The number of rotatable bonds is 6. The van der Waals surface area contributed by atoms with Gasteiger partial charge in [-0.3, -0.25) is 14.5 Å². The molecular formula is C18H23N5O3S. The van der Waals surface area contributed by atoms with Crippen molar-refractivity contribution >= 4 is 34.9 Å². The first kappa shape index (κ1) is 19.2. The Bertz CT molecular complexity index is 730. The highest BCUT2D eigenvalue weighted by Crippen LogP contribution is 2.26. The number of anilines is 1. The number of nitrogens with one attached hydrogen (secondary N) is 4. The normalized spacial score (nSPS) is 24.4. The van der Waals surface area contributed by atoms with Gasteiger partial charge in [0.15, 0.2) is 0 Å². The summed E-state index contributed by atoms with van der Waals surface area (Å²) in [7, 11) is 0. The molecule has 0 bridgehead atoms. The summed E-state index contributed by atoms with van der Waals surface area (Å²) in [6, 6.07) is 1.23. The lowest BCUT2D eigenvalue weighted by molar-refractivity contribution is -0.129. The number of amides is 4. The summed E-state index contributed by atoms with van der Waals surface area (Å²) in [6.07, 6.45) is 6.67. The van der Waals surface area contributed by atoms with E-state index < -0.39 is 0 Å². The van der Waals surface area contributed by atoms with E-state index in [1.165, 1.54) is 11.3 Å². The molecule has 144 valence electrons. The predicted molar refractivity (Wildman–Crippen MR) is 103 cm³/mol. The molecule has 4 amide bonds. The van der Waals surface area contributed by atoms with Crippen LogP contribution in [-0.2, 0) is 9.59 Å². The van der Waals surface area contributed by atoms with Gasteiger partial charge in [0, 0.05) is 37.0 Å². The van der Waals surface area contributed by atoms with Gasteiger partial charge in [0.1, 0.15) is 0 Å². The van der Waals surface area contributed by atoms with Crippen molar-refractivity contribution in [2.75, 3.05) is 25.0 Å². The Balaban J connectivity index is 1.52. The second kappa shape index (κ2) is 8.88. The van der Waals surface area contributed by atoms with Gasteiger partial charge in [0.2, 0.25) is 11.8 Å². The lowest BCUT2D eigenvalue weighted by Gasteiger charge is -2.37. The maximum absolute atomic E-state index is 12.2. The van der Waals surface area contributed by atoms with Gasteiger partial charge < -0.3 is 21.3 Å². The predicted octanol–water partition coefficient (Wildman–Crippen LogP) is 0.341. The van der Waals surface area contributed by atoms with Gasteiger partial charge in [-0.05, 0) is 24.3 Å². The minimum atomic E-state index is -0.274. The zero-order valence-corrected chi connectivity index (χ0v) is 15.7. The molecule has 3 rings (SSSR count). The Morgan fingerprint density at radius 1 is 1.44 bits per heavy atom. The highest BCUT2D eigenvalue weighted by Gasteiger charge is 2.43. The fourth-order valence-corrected chi connectivity index (χ4v) is 4.16. The third kappa shape index (κ3) is 4.99. The lowest BCUT2D eigenvalue weighted by atomic mass is 10.0. The molecule has 27 heavy (non-hydrogen) atoms. The standard InChI is InChI=1S/C18H23N5O3S/c1-2-6-19-16(24)4-3-14-9-20-17(25)15-8-13(10-23(14)15)22-18(26)21-12-5-7-27-11-12/h1,5,7,11,13-15H,3-4,6,8-10H2,(H,19,24)(H,20,25)(H2,21,22,26). The Labute approximate surface area is 162 Å². The highest BCUT2D eigenvalue weighted by atomic mass is 32.1. The van der Waals surface area contributed by atoms with Crippen LogP contribution in [0.2, 0.25) is 0 Å². The van der Waals surface area contributed by atoms with Gasteiger partial charge in [0.05, 0.1) is 18.3 Å². The maximum Gasteiger partial charge on any atom is 0.319 e. The number of urea groups is 1. The zero-order chi connectivity index (χ0) is 19.2. The van der Waals surface area contributed by atoms with Gasteiger partial charge in [0.25, 0.3) is 0 Å². The van der Waals surface area contributed by atoms with Crippen molar-refractivity contribution in [2.45, 2.75) is 37.4 Å². The van der Waals surface area contributed by atoms with Gasteiger partial charge in [-0.1, -0.05) is 5.92 Å². The van der Waals surface area contributed by atoms with Crippen LogP contribution in [0.1, 0.15) is 19.3 Å². The van der Waals surface area contributed by atoms with Crippen molar-refractivity contribution < 1.29 is 14.4 Å². The van der Waals surface area contributed by atoms with E-state index in [9.17, 15) is 14.4 Å². The summed E-state index contributed by atoms with van der Waals surface area (Å²) >= 11 is 1.51. The molecule has 8 nitrogen and oxygen atoms in total. The number of nitrogens with zero attached hydrogens (tertiary/aromatic N) is 1. The van der Waals surface area contributed by atoms with E-state index in [4.69, 9.17) is 6.42 Å². The topological polar surface area (TPSA) is 103 Å². The first-order valence-electron chi connectivity index (χ1n) is 8.90. The van der Waals surface area contributed by atoms with Gasteiger partial charge >= 0.3 is 6.03 Å². The molecule has 2 aliphatic heterocycles. The molecule has 2 saturated heterocycles.